The van der Waals surface area contributed by atoms with Crippen molar-refractivity contribution in [2.45, 2.75) is 5.88 Å². The van der Waals surface area contributed by atoms with E-state index in [4.69, 9.17) is 46.4 Å². The van der Waals surface area contributed by atoms with Crippen molar-refractivity contribution in [3.63, 3.8) is 0 Å². The molecule has 1 aromatic heterocycles. The molecule has 20 heavy (non-hydrogen) atoms. The largest absolute Gasteiger partial charge is 0.294 e. The van der Waals surface area contributed by atoms with Crippen LogP contribution >= 0.6 is 46.4 Å². The maximum atomic E-state index is 6.28. The number of rotatable bonds is 2. The molecule has 2 aromatic carbocycles. The van der Waals surface area contributed by atoms with Crippen molar-refractivity contribution >= 4 is 57.4 Å². The molecule has 0 bridgehead atoms. The molecule has 1 heterocycles. The molecule has 0 spiro atoms. The predicted octanol–water partition coefficient (Wildman–Crippen LogP) is 5.72. The summed E-state index contributed by atoms with van der Waals surface area (Å²) in [6.45, 7) is 0. The van der Waals surface area contributed by atoms with E-state index < -0.39 is 0 Å². The lowest BCUT2D eigenvalue weighted by Gasteiger charge is -2.10. The molecule has 6 heteroatoms. The minimum atomic E-state index is 0.269. The smallest absolute Gasteiger partial charge is 0.129 e. The lowest BCUT2D eigenvalue weighted by Crippen LogP contribution is -2.00. The van der Waals surface area contributed by atoms with Gasteiger partial charge in [-0.3, -0.25) is 4.57 Å². The van der Waals surface area contributed by atoms with E-state index in [1.807, 2.05) is 22.8 Å². The maximum Gasteiger partial charge on any atom is 0.129 e. The van der Waals surface area contributed by atoms with Crippen LogP contribution in [0.25, 0.3) is 16.7 Å². The van der Waals surface area contributed by atoms with Gasteiger partial charge in [0.25, 0.3) is 0 Å². The quantitative estimate of drug-likeness (QED) is 0.543. The van der Waals surface area contributed by atoms with E-state index in [9.17, 15) is 0 Å². The second-order valence-corrected chi connectivity index (χ2v) is 5.77. The second-order valence-electron chi connectivity index (χ2n) is 4.23. The Morgan fingerprint density at radius 1 is 0.950 bits per heavy atom. The number of hydrogen-bond acceptors (Lipinski definition) is 1. The second kappa shape index (κ2) is 5.45. The summed E-state index contributed by atoms with van der Waals surface area (Å²) in [6, 6.07) is 10.8. The Labute approximate surface area is 135 Å². The maximum absolute atomic E-state index is 6.28. The Morgan fingerprint density at radius 2 is 1.65 bits per heavy atom. The summed E-state index contributed by atoms with van der Waals surface area (Å²) < 4.78 is 1.90. The van der Waals surface area contributed by atoms with Crippen LogP contribution in [0.5, 0.6) is 0 Å². The molecule has 3 aromatic rings. The number of alkyl halides is 1. The number of hydrogen-bond donors (Lipinski definition) is 0. The zero-order valence-corrected chi connectivity index (χ0v) is 13.1. The van der Waals surface area contributed by atoms with Crippen molar-refractivity contribution in [2.24, 2.45) is 0 Å². The van der Waals surface area contributed by atoms with E-state index in [1.54, 1.807) is 18.2 Å². The van der Waals surface area contributed by atoms with Crippen LogP contribution in [0.3, 0.4) is 0 Å². The van der Waals surface area contributed by atoms with Gasteiger partial charge < -0.3 is 0 Å². The Hall–Kier alpha value is -0.930. The first-order valence-electron chi connectivity index (χ1n) is 5.78. The van der Waals surface area contributed by atoms with Crippen LogP contribution < -0.4 is 0 Å². The molecule has 0 N–H and O–H groups in total. The van der Waals surface area contributed by atoms with Gasteiger partial charge in [-0.15, -0.1) is 11.6 Å². The van der Waals surface area contributed by atoms with Crippen LogP contribution in [0.15, 0.2) is 36.4 Å². The first-order valence-corrected chi connectivity index (χ1v) is 7.45. The minimum absolute atomic E-state index is 0.269. The monoisotopic (exact) mass is 344 g/mol. The Balaban J connectivity index is 2.36. The number of nitrogens with zero attached hydrogens (tertiary/aromatic N) is 2. The van der Waals surface area contributed by atoms with Crippen LogP contribution in [0, 0.1) is 0 Å². The molecular weight excluding hydrogens is 338 g/mol. The minimum Gasteiger partial charge on any atom is -0.294 e. The summed E-state index contributed by atoms with van der Waals surface area (Å²) in [6.07, 6.45) is 0. The molecular formula is C14H8Cl4N2. The van der Waals surface area contributed by atoms with Crippen LogP contribution in [0.4, 0.5) is 0 Å². The normalized spacial score (nSPS) is 11.2. The van der Waals surface area contributed by atoms with Gasteiger partial charge in [0.05, 0.1) is 27.6 Å². The zero-order chi connectivity index (χ0) is 14.3. The lowest BCUT2D eigenvalue weighted by atomic mass is 10.2. The summed E-state index contributed by atoms with van der Waals surface area (Å²) in [4.78, 5) is 4.49. The molecule has 0 aliphatic carbocycles. The highest BCUT2D eigenvalue weighted by Gasteiger charge is 2.14. The highest BCUT2D eigenvalue weighted by molar-refractivity contribution is 6.36. The first kappa shape index (κ1) is 14.0. The standard InChI is InChI=1S/C14H8Cl4N2/c15-7-14-19-11-3-1-9(17)6-13(11)20(14)12-4-2-8(16)5-10(12)18/h1-6H,7H2. The molecule has 0 saturated heterocycles. The van der Waals surface area contributed by atoms with Crippen molar-refractivity contribution < 1.29 is 0 Å². The summed E-state index contributed by atoms with van der Waals surface area (Å²) in [5.74, 6) is 0.971. The third kappa shape index (κ3) is 2.38. The molecule has 0 atom stereocenters. The summed E-state index contributed by atoms with van der Waals surface area (Å²) in [7, 11) is 0. The highest BCUT2D eigenvalue weighted by atomic mass is 35.5. The third-order valence-electron chi connectivity index (χ3n) is 2.96. The SMILES string of the molecule is ClCc1nc2ccc(Cl)cc2n1-c1ccc(Cl)cc1Cl. The number of halogens is 4. The molecule has 0 fully saturated rings. The van der Waals surface area contributed by atoms with Crippen LogP contribution in [0.2, 0.25) is 15.1 Å². The highest BCUT2D eigenvalue weighted by Crippen LogP contribution is 2.30. The number of fused-ring (bicyclic) bond motifs is 1. The van der Waals surface area contributed by atoms with Gasteiger partial charge in [0.1, 0.15) is 5.82 Å². The van der Waals surface area contributed by atoms with E-state index in [-0.39, 0.29) is 5.88 Å². The average Bonchev–Trinajstić information content (AvgIpc) is 2.76. The molecule has 0 radical (unpaired) electrons. The first-order chi connectivity index (χ1) is 9.60. The van der Waals surface area contributed by atoms with Gasteiger partial charge in [0, 0.05) is 10.0 Å². The molecule has 2 nitrogen and oxygen atoms in total. The van der Waals surface area contributed by atoms with E-state index in [0.717, 1.165) is 16.7 Å². The van der Waals surface area contributed by atoms with Crippen LogP contribution in [-0.4, -0.2) is 9.55 Å². The van der Waals surface area contributed by atoms with Crippen molar-refractivity contribution in [1.82, 2.24) is 9.55 Å². The Kier molecular flexibility index (Phi) is 3.83. The molecule has 0 amide bonds. The number of benzene rings is 2. The van der Waals surface area contributed by atoms with Crippen molar-refractivity contribution in [3.05, 3.63) is 57.3 Å². The fourth-order valence-corrected chi connectivity index (χ4v) is 2.96. The van der Waals surface area contributed by atoms with Gasteiger partial charge in [0.15, 0.2) is 0 Å². The molecule has 0 aliphatic rings. The van der Waals surface area contributed by atoms with Crippen molar-refractivity contribution in [2.75, 3.05) is 0 Å². The molecule has 3 rings (SSSR count). The van der Waals surface area contributed by atoms with E-state index in [2.05, 4.69) is 4.98 Å². The Morgan fingerprint density at radius 3 is 2.35 bits per heavy atom. The van der Waals surface area contributed by atoms with Gasteiger partial charge >= 0.3 is 0 Å². The van der Waals surface area contributed by atoms with Gasteiger partial charge in [-0.2, -0.15) is 0 Å². The van der Waals surface area contributed by atoms with Gasteiger partial charge in [-0.05, 0) is 36.4 Å². The topological polar surface area (TPSA) is 17.8 Å². The Bertz CT molecular complexity index is 795. The summed E-state index contributed by atoms with van der Waals surface area (Å²) in [5, 5.41) is 1.74. The number of imidazole rings is 1. The zero-order valence-electron chi connectivity index (χ0n) is 10.1. The number of aromatic nitrogens is 2. The van der Waals surface area contributed by atoms with Crippen molar-refractivity contribution in [3.8, 4) is 5.69 Å². The van der Waals surface area contributed by atoms with E-state index in [0.29, 0.717) is 20.9 Å². The van der Waals surface area contributed by atoms with Crippen LogP contribution in [0.1, 0.15) is 5.82 Å². The van der Waals surface area contributed by atoms with Gasteiger partial charge in [-0.25, -0.2) is 4.98 Å². The van der Waals surface area contributed by atoms with Crippen LogP contribution in [-0.2, 0) is 5.88 Å². The summed E-state index contributed by atoms with van der Waals surface area (Å²) in [5.41, 5.74) is 2.45. The van der Waals surface area contributed by atoms with E-state index in [1.165, 1.54) is 0 Å². The summed E-state index contributed by atoms with van der Waals surface area (Å²) >= 11 is 24.3. The van der Waals surface area contributed by atoms with Gasteiger partial charge in [0.2, 0.25) is 0 Å². The van der Waals surface area contributed by atoms with Crippen molar-refractivity contribution in [1.29, 1.82) is 0 Å². The third-order valence-corrected chi connectivity index (χ3v) is 3.97. The lowest BCUT2D eigenvalue weighted by molar-refractivity contribution is 0.982. The molecule has 0 saturated carbocycles. The molecule has 0 aliphatic heterocycles. The fraction of sp³-hybridized carbons (Fsp3) is 0.0714. The van der Waals surface area contributed by atoms with Gasteiger partial charge in [-0.1, -0.05) is 34.8 Å². The fourth-order valence-electron chi connectivity index (χ4n) is 2.12. The average molecular weight is 346 g/mol. The van der Waals surface area contributed by atoms with E-state index >= 15 is 0 Å². The molecule has 102 valence electrons. The predicted molar refractivity (Wildman–Crippen MR) is 85.7 cm³/mol. The molecule has 0 unspecified atom stereocenters.